The highest BCUT2D eigenvalue weighted by molar-refractivity contribution is 5.88. The molecule has 1 rings (SSSR count). The topological polar surface area (TPSA) is 64.4 Å². The summed E-state index contributed by atoms with van der Waals surface area (Å²) in [7, 11) is 1.35. The summed E-state index contributed by atoms with van der Waals surface area (Å²) in [5, 5.41) is 0. The summed E-state index contributed by atoms with van der Waals surface area (Å²) in [6.45, 7) is 5.51. The molecule has 0 radical (unpaired) electrons. The van der Waals surface area contributed by atoms with Crippen molar-refractivity contribution < 1.29 is 14.3 Å². The SMILES string of the molecule is COC(=O)CCN(CCCn1ccnc1)C(=O)C=C(C)C. The van der Waals surface area contributed by atoms with Crippen molar-refractivity contribution in [3.8, 4) is 0 Å². The zero-order chi connectivity index (χ0) is 15.7. The third-order valence-electron chi connectivity index (χ3n) is 2.94. The molecule has 6 nitrogen and oxygen atoms in total. The number of ether oxygens (including phenoxy) is 1. The van der Waals surface area contributed by atoms with E-state index in [1.54, 1.807) is 23.5 Å². The van der Waals surface area contributed by atoms with Crippen LogP contribution in [-0.2, 0) is 20.9 Å². The van der Waals surface area contributed by atoms with Crippen molar-refractivity contribution in [2.45, 2.75) is 33.2 Å². The van der Waals surface area contributed by atoms with Gasteiger partial charge < -0.3 is 14.2 Å². The van der Waals surface area contributed by atoms with Gasteiger partial charge in [0.2, 0.25) is 5.91 Å². The van der Waals surface area contributed by atoms with E-state index in [0.29, 0.717) is 13.1 Å². The van der Waals surface area contributed by atoms with Crippen molar-refractivity contribution in [2.24, 2.45) is 0 Å². The Hall–Kier alpha value is -2.11. The highest BCUT2D eigenvalue weighted by Gasteiger charge is 2.13. The highest BCUT2D eigenvalue weighted by atomic mass is 16.5. The Bertz CT molecular complexity index is 476. The molecule has 6 heteroatoms. The number of carbonyl (C=O) groups excluding carboxylic acids is 2. The maximum Gasteiger partial charge on any atom is 0.307 e. The van der Waals surface area contributed by atoms with Crippen molar-refractivity contribution in [2.75, 3.05) is 20.2 Å². The Morgan fingerprint density at radius 1 is 1.33 bits per heavy atom. The number of carbonyl (C=O) groups is 2. The molecular formula is C15H23N3O3. The maximum absolute atomic E-state index is 12.1. The predicted octanol–water partition coefficient (Wildman–Crippen LogP) is 1.63. The molecule has 0 aromatic carbocycles. The minimum Gasteiger partial charge on any atom is -0.469 e. The van der Waals surface area contributed by atoms with E-state index in [1.165, 1.54) is 7.11 Å². The van der Waals surface area contributed by atoms with Crippen LogP contribution >= 0.6 is 0 Å². The average molecular weight is 293 g/mol. The van der Waals surface area contributed by atoms with Crippen LogP contribution in [0.5, 0.6) is 0 Å². The predicted molar refractivity (Wildman–Crippen MR) is 79.5 cm³/mol. The van der Waals surface area contributed by atoms with Crippen LogP contribution in [0.2, 0.25) is 0 Å². The Kier molecular flexibility index (Phi) is 7.21. The van der Waals surface area contributed by atoms with Gasteiger partial charge >= 0.3 is 5.97 Å². The first kappa shape index (κ1) is 16.9. The second-order valence-electron chi connectivity index (χ2n) is 5.03. The minimum atomic E-state index is -0.306. The molecule has 0 aliphatic rings. The number of allylic oxidation sites excluding steroid dienone is 1. The number of hydrogen-bond acceptors (Lipinski definition) is 4. The van der Waals surface area contributed by atoms with Crippen LogP contribution in [0.15, 0.2) is 30.4 Å². The summed E-state index contributed by atoms with van der Waals surface area (Å²) in [5.74, 6) is -0.371. The van der Waals surface area contributed by atoms with Crippen LogP contribution in [0.25, 0.3) is 0 Å². The van der Waals surface area contributed by atoms with Gasteiger partial charge in [0.25, 0.3) is 0 Å². The lowest BCUT2D eigenvalue weighted by Crippen LogP contribution is -2.33. The molecule has 116 valence electrons. The number of aromatic nitrogens is 2. The number of esters is 1. The fourth-order valence-electron chi connectivity index (χ4n) is 1.86. The molecule has 1 amide bonds. The van der Waals surface area contributed by atoms with Crippen molar-refractivity contribution in [3.05, 3.63) is 30.4 Å². The molecule has 1 heterocycles. The number of imidazole rings is 1. The Morgan fingerprint density at radius 2 is 2.10 bits per heavy atom. The lowest BCUT2D eigenvalue weighted by Gasteiger charge is -2.21. The molecule has 0 aliphatic carbocycles. The normalized spacial score (nSPS) is 10.0. The quantitative estimate of drug-likeness (QED) is 0.540. The van der Waals surface area contributed by atoms with Crippen LogP contribution < -0.4 is 0 Å². The molecule has 1 aromatic rings. The van der Waals surface area contributed by atoms with Crippen molar-refractivity contribution in [1.82, 2.24) is 14.5 Å². The fraction of sp³-hybridized carbons (Fsp3) is 0.533. The number of rotatable bonds is 8. The molecule has 0 spiro atoms. The van der Waals surface area contributed by atoms with E-state index in [0.717, 1.165) is 18.5 Å². The van der Waals surface area contributed by atoms with E-state index < -0.39 is 0 Å². The first-order valence-corrected chi connectivity index (χ1v) is 6.99. The van der Waals surface area contributed by atoms with Crippen LogP contribution in [0.3, 0.4) is 0 Å². The number of nitrogens with zero attached hydrogens (tertiary/aromatic N) is 3. The smallest absolute Gasteiger partial charge is 0.307 e. The molecule has 0 unspecified atom stereocenters. The fourth-order valence-corrected chi connectivity index (χ4v) is 1.86. The summed E-state index contributed by atoms with van der Waals surface area (Å²) in [6.07, 6.45) is 7.97. The van der Waals surface area contributed by atoms with Crippen LogP contribution in [0.1, 0.15) is 26.7 Å². The monoisotopic (exact) mass is 293 g/mol. The molecule has 0 atom stereocenters. The van der Waals surface area contributed by atoms with Gasteiger partial charge in [-0.25, -0.2) is 4.98 Å². The largest absolute Gasteiger partial charge is 0.469 e. The molecule has 0 N–H and O–H groups in total. The van der Waals surface area contributed by atoms with E-state index in [2.05, 4.69) is 9.72 Å². The average Bonchev–Trinajstić information content (AvgIpc) is 2.94. The van der Waals surface area contributed by atoms with Crippen LogP contribution in [0, 0.1) is 0 Å². The lowest BCUT2D eigenvalue weighted by molar-refractivity contribution is -0.141. The number of methoxy groups -OCH3 is 1. The Morgan fingerprint density at radius 3 is 2.67 bits per heavy atom. The standard InChI is InChI=1S/C15H23N3O3/c1-13(2)11-14(19)18(9-5-15(20)21-3)8-4-7-17-10-6-16-12-17/h6,10-12H,4-5,7-9H2,1-3H3. The highest BCUT2D eigenvalue weighted by Crippen LogP contribution is 2.02. The second-order valence-corrected chi connectivity index (χ2v) is 5.03. The summed E-state index contributed by atoms with van der Waals surface area (Å²) < 4.78 is 6.58. The van der Waals surface area contributed by atoms with Gasteiger partial charge in [0.05, 0.1) is 19.9 Å². The molecule has 1 aromatic heterocycles. The van der Waals surface area contributed by atoms with Gasteiger partial charge in [0, 0.05) is 38.1 Å². The van der Waals surface area contributed by atoms with Gasteiger partial charge in [-0.15, -0.1) is 0 Å². The third-order valence-corrected chi connectivity index (χ3v) is 2.94. The van der Waals surface area contributed by atoms with Crippen molar-refractivity contribution in [3.63, 3.8) is 0 Å². The second kappa shape index (κ2) is 8.94. The van der Waals surface area contributed by atoms with Gasteiger partial charge in [-0.05, 0) is 20.3 Å². The first-order valence-electron chi connectivity index (χ1n) is 6.99. The first-order chi connectivity index (χ1) is 10.0. The van der Waals surface area contributed by atoms with Crippen LogP contribution in [0.4, 0.5) is 0 Å². The van der Waals surface area contributed by atoms with Gasteiger partial charge in [-0.2, -0.15) is 0 Å². The minimum absolute atomic E-state index is 0.0652. The lowest BCUT2D eigenvalue weighted by atomic mass is 10.2. The number of aryl methyl sites for hydroxylation is 1. The molecule has 0 aliphatic heterocycles. The van der Waals surface area contributed by atoms with E-state index in [4.69, 9.17) is 0 Å². The maximum atomic E-state index is 12.1. The van der Waals surface area contributed by atoms with Crippen molar-refractivity contribution >= 4 is 11.9 Å². The Labute approximate surface area is 125 Å². The van der Waals surface area contributed by atoms with Gasteiger partial charge in [-0.3, -0.25) is 9.59 Å². The van der Waals surface area contributed by atoms with Gasteiger partial charge in [0.15, 0.2) is 0 Å². The Balaban J connectivity index is 2.51. The van der Waals surface area contributed by atoms with E-state index in [9.17, 15) is 9.59 Å². The summed E-state index contributed by atoms with van der Waals surface area (Å²) >= 11 is 0. The molecule has 21 heavy (non-hydrogen) atoms. The van der Waals surface area contributed by atoms with Crippen molar-refractivity contribution in [1.29, 1.82) is 0 Å². The molecule has 0 fully saturated rings. The molecular weight excluding hydrogens is 270 g/mol. The summed E-state index contributed by atoms with van der Waals surface area (Å²) in [4.78, 5) is 29.0. The molecule has 0 saturated heterocycles. The van der Waals surface area contributed by atoms with Crippen LogP contribution in [-0.4, -0.2) is 46.5 Å². The zero-order valence-electron chi connectivity index (χ0n) is 12.9. The zero-order valence-corrected chi connectivity index (χ0v) is 12.9. The molecule has 0 saturated carbocycles. The third kappa shape index (κ3) is 6.74. The molecule has 0 bridgehead atoms. The van der Waals surface area contributed by atoms with E-state index in [-0.39, 0.29) is 18.3 Å². The summed E-state index contributed by atoms with van der Waals surface area (Å²) in [6, 6.07) is 0. The van der Waals surface area contributed by atoms with Gasteiger partial charge in [0.1, 0.15) is 0 Å². The number of amides is 1. The summed E-state index contributed by atoms with van der Waals surface area (Å²) in [5.41, 5.74) is 0.942. The van der Waals surface area contributed by atoms with Gasteiger partial charge in [-0.1, -0.05) is 5.57 Å². The van der Waals surface area contributed by atoms with E-state index in [1.807, 2.05) is 24.6 Å². The number of hydrogen-bond donors (Lipinski definition) is 0. The van der Waals surface area contributed by atoms with E-state index >= 15 is 0 Å².